The van der Waals surface area contributed by atoms with Crippen molar-refractivity contribution < 1.29 is 9.47 Å². The minimum Gasteiger partial charge on any atom is -0.497 e. The number of benzene rings is 1. The summed E-state index contributed by atoms with van der Waals surface area (Å²) in [4.78, 5) is 8.76. The lowest BCUT2D eigenvalue weighted by Crippen LogP contribution is -2.38. The molecule has 0 aliphatic carbocycles. The number of unbranched alkanes of at least 4 members (excludes halogenated alkanes) is 4. The molecule has 0 aliphatic rings. The van der Waals surface area contributed by atoms with Crippen molar-refractivity contribution in [3.8, 4) is 11.5 Å². The van der Waals surface area contributed by atoms with Crippen LogP contribution in [0.1, 0.15) is 37.7 Å². The van der Waals surface area contributed by atoms with Crippen molar-refractivity contribution in [2.75, 3.05) is 55.5 Å². The van der Waals surface area contributed by atoms with E-state index in [1.807, 2.05) is 32.3 Å². The van der Waals surface area contributed by atoms with Crippen molar-refractivity contribution >= 4 is 5.96 Å². The average Bonchev–Trinajstić information content (AvgIpc) is 2.66. The molecule has 0 bridgehead atoms. The van der Waals surface area contributed by atoms with Crippen LogP contribution >= 0.6 is 0 Å². The zero-order valence-corrected chi connectivity index (χ0v) is 18.0. The van der Waals surface area contributed by atoms with Crippen LogP contribution in [0.25, 0.3) is 0 Å². The Labute approximate surface area is 165 Å². The average molecular weight is 379 g/mol. The fraction of sp³-hybridized carbons (Fsp3) is 0.667. The summed E-state index contributed by atoms with van der Waals surface area (Å²) >= 11 is 0. The van der Waals surface area contributed by atoms with Crippen LogP contribution in [0.4, 0.5) is 0 Å². The minimum atomic E-state index is 0.720. The van der Waals surface area contributed by atoms with E-state index >= 15 is 0 Å². The van der Waals surface area contributed by atoms with Gasteiger partial charge in [-0.1, -0.05) is 19.3 Å². The van der Waals surface area contributed by atoms with E-state index in [0.29, 0.717) is 0 Å². The lowest BCUT2D eigenvalue weighted by Gasteiger charge is -2.23. The molecule has 154 valence electrons. The highest BCUT2D eigenvalue weighted by molar-refractivity contribution is 5.79. The smallest absolute Gasteiger partial charge is 0.193 e. The molecule has 0 amide bonds. The number of guanidine groups is 1. The van der Waals surface area contributed by atoms with Crippen LogP contribution in [-0.4, -0.2) is 71.3 Å². The molecule has 0 atom stereocenters. The van der Waals surface area contributed by atoms with Crippen molar-refractivity contribution in [2.45, 2.75) is 38.6 Å². The van der Waals surface area contributed by atoms with Gasteiger partial charge in [-0.15, -0.1) is 0 Å². The molecule has 0 aliphatic heterocycles. The van der Waals surface area contributed by atoms with Crippen molar-refractivity contribution in [1.82, 2.24) is 15.1 Å². The summed E-state index contributed by atoms with van der Waals surface area (Å²) in [5.41, 5.74) is 1.10. The van der Waals surface area contributed by atoms with Gasteiger partial charge in [0.15, 0.2) is 5.96 Å². The second kappa shape index (κ2) is 13.3. The van der Waals surface area contributed by atoms with Gasteiger partial charge in [-0.25, -0.2) is 0 Å². The standard InChI is InChI=1S/C21H38N4O2/c1-22-21(23-14-10-8-7-9-11-15-24(2)3)25(4)17-18-12-13-19(26-5)16-20(18)27-6/h12-13,16H,7-11,14-15,17H2,1-6H3,(H,22,23). The number of aliphatic imine (C=N–C) groups is 1. The van der Waals surface area contributed by atoms with Gasteiger partial charge in [0.25, 0.3) is 0 Å². The topological polar surface area (TPSA) is 49.3 Å². The molecule has 0 aromatic heterocycles. The lowest BCUT2D eigenvalue weighted by atomic mass is 10.1. The Morgan fingerprint density at radius 2 is 1.70 bits per heavy atom. The maximum atomic E-state index is 5.49. The summed E-state index contributed by atoms with van der Waals surface area (Å²) < 4.78 is 10.8. The highest BCUT2D eigenvalue weighted by Gasteiger charge is 2.11. The van der Waals surface area contributed by atoms with Crippen molar-refractivity contribution in [3.05, 3.63) is 23.8 Å². The van der Waals surface area contributed by atoms with E-state index in [4.69, 9.17) is 9.47 Å². The van der Waals surface area contributed by atoms with E-state index in [0.717, 1.165) is 36.1 Å². The normalized spacial score (nSPS) is 11.6. The number of nitrogens with zero attached hydrogens (tertiary/aromatic N) is 3. The number of nitrogens with one attached hydrogen (secondary N) is 1. The van der Waals surface area contributed by atoms with Crippen LogP contribution in [0, 0.1) is 0 Å². The summed E-state index contributed by atoms with van der Waals surface area (Å²) in [5.74, 6) is 2.53. The molecule has 0 heterocycles. The summed E-state index contributed by atoms with van der Waals surface area (Å²) in [6.45, 7) is 2.85. The van der Waals surface area contributed by atoms with E-state index in [1.54, 1.807) is 14.2 Å². The molecule has 27 heavy (non-hydrogen) atoms. The quantitative estimate of drug-likeness (QED) is 0.344. The number of ether oxygens (including phenoxy) is 2. The van der Waals surface area contributed by atoms with Gasteiger partial charge in [0.2, 0.25) is 0 Å². The molecule has 6 heteroatoms. The maximum absolute atomic E-state index is 5.49. The molecular weight excluding hydrogens is 340 g/mol. The minimum absolute atomic E-state index is 0.720. The maximum Gasteiger partial charge on any atom is 0.193 e. The Kier molecular flexibility index (Phi) is 11.3. The first kappa shape index (κ1) is 23.1. The lowest BCUT2D eigenvalue weighted by molar-refractivity contribution is 0.382. The Balaban J connectivity index is 2.37. The predicted molar refractivity (Wildman–Crippen MR) is 114 cm³/mol. The number of rotatable bonds is 12. The summed E-state index contributed by atoms with van der Waals surface area (Å²) in [7, 11) is 11.5. The molecule has 0 fully saturated rings. The van der Waals surface area contributed by atoms with Crippen LogP contribution in [0.15, 0.2) is 23.2 Å². The molecule has 1 aromatic carbocycles. The van der Waals surface area contributed by atoms with Crippen molar-refractivity contribution in [2.24, 2.45) is 4.99 Å². The van der Waals surface area contributed by atoms with E-state index < -0.39 is 0 Å². The Morgan fingerprint density at radius 1 is 1.00 bits per heavy atom. The Bertz CT molecular complexity index is 561. The second-order valence-corrected chi connectivity index (χ2v) is 7.08. The second-order valence-electron chi connectivity index (χ2n) is 7.08. The predicted octanol–water partition coefficient (Wildman–Crippen LogP) is 3.22. The zero-order chi connectivity index (χ0) is 20.1. The molecule has 1 aromatic rings. The first-order valence-corrected chi connectivity index (χ1v) is 9.79. The third kappa shape index (κ3) is 9.00. The molecule has 1 N–H and O–H groups in total. The van der Waals surface area contributed by atoms with Gasteiger partial charge < -0.3 is 24.6 Å². The van der Waals surface area contributed by atoms with Crippen molar-refractivity contribution in [1.29, 1.82) is 0 Å². The van der Waals surface area contributed by atoms with Gasteiger partial charge in [-0.2, -0.15) is 0 Å². The van der Waals surface area contributed by atoms with Gasteiger partial charge in [0, 0.05) is 38.8 Å². The van der Waals surface area contributed by atoms with E-state index in [-0.39, 0.29) is 0 Å². The number of hydrogen-bond donors (Lipinski definition) is 1. The van der Waals surface area contributed by atoms with Crippen LogP contribution in [0.2, 0.25) is 0 Å². The molecule has 0 saturated carbocycles. The SMILES string of the molecule is CN=C(NCCCCCCCN(C)C)N(C)Cc1ccc(OC)cc1OC. The number of methoxy groups -OCH3 is 2. The van der Waals surface area contributed by atoms with Gasteiger partial charge in [0.05, 0.1) is 14.2 Å². The zero-order valence-electron chi connectivity index (χ0n) is 18.0. The van der Waals surface area contributed by atoms with Gasteiger partial charge >= 0.3 is 0 Å². The van der Waals surface area contributed by atoms with Gasteiger partial charge in [-0.05, 0) is 45.6 Å². The fourth-order valence-electron chi connectivity index (χ4n) is 2.98. The molecular formula is C21H38N4O2. The highest BCUT2D eigenvalue weighted by Crippen LogP contribution is 2.25. The molecule has 0 unspecified atom stereocenters. The molecule has 0 spiro atoms. The third-order valence-electron chi connectivity index (χ3n) is 4.54. The Hall–Kier alpha value is -1.95. The summed E-state index contributed by atoms with van der Waals surface area (Å²) in [6.07, 6.45) is 6.32. The van der Waals surface area contributed by atoms with Gasteiger partial charge in [-0.3, -0.25) is 4.99 Å². The summed E-state index contributed by atoms with van der Waals surface area (Å²) in [5, 5.41) is 3.46. The van der Waals surface area contributed by atoms with Crippen LogP contribution in [0.3, 0.4) is 0 Å². The molecule has 0 radical (unpaired) electrons. The third-order valence-corrected chi connectivity index (χ3v) is 4.54. The summed E-state index contributed by atoms with van der Waals surface area (Å²) in [6, 6.07) is 5.91. The van der Waals surface area contributed by atoms with Crippen LogP contribution in [-0.2, 0) is 6.54 Å². The first-order valence-electron chi connectivity index (χ1n) is 9.79. The molecule has 1 rings (SSSR count). The van der Waals surface area contributed by atoms with Gasteiger partial charge in [0.1, 0.15) is 11.5 Å². The first-order chi connectivity index (χ1) is 13.0. The monoisotopic (exact) mass is 378 g/mol. The van der Waals surface area contributed by atoms with E-state index in [1.165, 1.54) is 38.6 Å². The largest absolute Gasteiger partial charge is 0.497 e. The molecule has 0 saturated heterocycles. The fourth-order valence-corrected chi connectivity index (χ4v) is 2.98. The van der Waals surface area contributed by atoms with Crippen molar-refractivity contribution in [3.63, 3.8) is 0 Å². The van der Waals surface area contributed by atoms with E-state index in [9.17, 15) is 0 Å². The Morgan fingerprint density at radius 3 is 2.33 bits per heavy atom. The number of hydrogen-bond acceptors (Lipinski definition) is 4. The van der Waals surface area contributed by atoms with E-state index in [2.05, 4.69) is 34.2 Å². The molecule has 6 nitrogen and oxygen atoms in total. The van der Waals surface area contributed by atoms with Crippen LogP contribution < -0.4 is 14.8 Å². The highest BCUT2D eigenvalue weighted by atomic mass is 16.5. The van der Waals surface area contributed by atoms with Crippen LogP contribution in [0.5, 0.6) is 11.5 Å².